The minimum atomic E-state index is 0.233. The molecule has 3 nitrogen and oxygen atoms in total. The second-order valence-corrected chi connectivity index (χ2v) is 12.0. The number of ether oxygens (including phenoxy) is 1. The van der Waals surface area contributed by atoms with Crippen molar-refractivity contribution in [3.05, 3.63) is 0 Å². The lowest BCUT2D eigenvalue weighted by atomic mass is 9.73. The molecule has 1 saturated heterocycles. The number of nitrogens with zero attached hydrogens (tertiary/aromatic N) is 1. The molecule has 6 unspecified atom stereocenters. The average Bonchev–Trinajstić information content (AvgIpc) is 3.14. The van der Waals surface area contributed by atoms with Gasteiger partial charge in [0, 0.05) is 24.6 Å². The standard InChI is InChI=1S/C29H51NO2/c1-4-5-6-7-8-13-18-32-28-21(2)19-23(20-22(28)3)29(31)30-26-16-11-9-14-24(26)25-15-10-12-17-27(25)30/h21-28H,4-20H2,1-3H3. The van der Waals surface area contributed by atoms with Gasteiger partial charge in [-0.15, -0.1) is 0 Å². The summed E-state index contributed by atoms with van der Waals surface area (Å²) in [5, 5.41) is 0. The highest BCUT2D eigenvalue weighted by molar-refractivity contribution is 5.80. The van der Waals surface area contributed by atoms with Crippen LogP contribution in [0.2, 0.25) is 0 Å². The van der Waals surface area contributed by atoms with Crippen LogP contribution < -0.4 is 0 Å². The number of hydrogen-bond acceptors (Lipinski definition) is 2. The van der Waals surface area contributed by atoms with Crippen molar-refractivity contribution >= 4 is 5.91 Å². The van der Waals surface area contributed by atoms with Crippen LogP contribution in [-0.2, 0) is 9.53 Å². The quantitative estimate of drug-likeness (QED) is 0.347. The first-order valence-electron chi connectivity index (χ1n) is 14.6. The van der Waals surface area contributed by atoms with Crippen molar-refractivity contribution in [2.24, 2.45) is 29.6 Å². The maximum atomic E-state index is 14.0. The van der Waals surface area contributed by atoms with Crippen LogP contribution in [0, 0.1) is 29.6 Å². The molecule has 0 N–H and O–H groups in total. The normalized spacial score (nSPS) is 39.5. The summed E-state index contributed by atoms with van der Waals surface area (Å²) in [4.78, 5) is 16.5. The van der Waals surface area contributed by atoms with Crippen molar-refractivity contribution in [1.82, 2.24) is 4.90 Å². The lowest BCUT2D eigenvalue weighted by Crippen LogP contribution is -2.49. The third kappa shape index (κ3) is 5.39. The molecule has 0 spiro atoms. The topological polar surface area (TPSA) is 29.5 Å². The predicted octanol–water partition coefficient (Wildman–Crippen LogP) is 7.37. The molecule has 32 heavy (non-hydrogen) atoms. The van der Waals surface area contributed by atoms with Gasteiger partial charge in [-0.3, -0.25) is 4.79 Å². The van der Waals surface area contributed by atoms with Crippen LogP contribution in [-0.4, -0.2) is 35.6 Å². The monoisotopic (exact) mass is 445 g/mol. The second-order valence-electron chi connectivity index (χ2n) is 12.0. The zero-order valence-corrected chi connectivity index (χ0v) is 21.4. The minimum Gasteiger partial charge on any atom is -0.378 e. The summed E-state index contributed by atoms with van der Waals surface area (Å²) in [7, 11) is 0. The Hall–Kier alpha value is -0.570. The molecule has 1 amide bonds. The molecule has 0 aromatic heterocycles. The van der Waals surface area contributed by atoms with E-state index in [1.54, 1.807) is 0 Å². The number of carbonyl (C=O) groups excluding carboxylic acids is 1. The SMILES string of the molecule is CCCCCCCCOC1C(C)CC(C(=O)N2C3CCCCC3C3CCCCC32)CC1C. The third-order valence-electron chi connectivity index (χ3n) is 9.67. The van der Waals surface area contributed by atoms with Gasteiger partial charge < -0.3 is 9.64 Å². The zero-order chi connectivity index (χ0) is 22.5. The van der Waals surface area contributed by atoms with E-state index in [0.29, 0.717) is 35.9 Å². The first-order valence-corrected chi connectivity index (χ1v) is 14.6. The molecule has 0 aromatic carbocycles. The highest BCUT2D eigenvalue weighted by Gasteiger charge is 2.53. The number of rotatable bonds is 9. The summed E-state index contributed by atoms with van der Waals surface area (Å²) in [6.07, 6.45) is 21.1. The minimum absolute atomic E-state index is 0.233. The third-order valence-corrected chi connectivity index (χ3v) is 9.67. The van der Waals surface area contributed by atoms with Gasteiger partial charge >= 0.3 is 0 Å². The van der Waals surface area contributed by atoms with Crippen LogP contribution in [0.4, 0.5) is 0 Å². The lowest BCUT2D eigenvalue weighted by molar-refractivity contribution is -0.145. The average molecular weight is 446 g/mol. The van der Waals surface area contributed by atoms with Crippen molar-refractivity contribution in [2.45, 2.75) is 142 Å². The van der Waals surface area contributed by atoms with E-state index >= 15 is 0 Å². The summed E-state index contributed by atoms with van der Waals surface area (Å²) in [6, 6.07) is 1.13. The van der Waals surface area contributed by atoms with Gasteiger partial charge in [-0.1, -0.05) is 78.6 Å². The molecule has 0 bridgehead atoms. The number of unbranched alkanes of at least 4 members (excludes halogenated alkanes) is 5. The van der Waals surface area contributed by atoms with Crippen molar-refractivity contribution < 1.29 is 9.53 Å². The van der Waals surface area contributed by atoms with E-state index in [9.17, 15) is 4.79 Å². The molecule has 4 fully saturated rings. The molecule has 4 rings (SSSR count). The Bertz CT molecular complexity index is 558. The van der Waals surface area contributed by atoms with Gasteiger partial charge in [0.1, 0.15) is 0 Å². The van der Waals surface area contributed by atoms with Gasteiger partial charge in [0.15, 0.2) is 0 Å². The molecule has 0 radical (unpaired) electrons. The van der Waals surface area contributed by atoms with Gasteiger partial charge in [0.25, 0.3) is 0 Å². The number of fused-ring (bicyclic) bond motifs is 3. The summed E-state index contributed by atoms with van der Waals surface area (Å²) in [5.74, 6) is 3.38. The van der Waals surface area contributed by atoms with Crippen molar-refractivity contribution in [3.63, 3.8) is 0 Å². The Morgan fingerprint density at radius 2 is 1.31 bits per heavy atom. The van der Waals surface area contributed by atoms with Crippen molar-refractivity contribution in [2.75, 3.05) is 6.61 Å². The first-order chi connectivity index (χ1) is 15.6. The van der Waals surface area contributed by atoms with E-state index in [4.69, 9.17) is 4.74 Å². The van der Waals surface area contributed by atoms with E-state index in [0.717, 1.165) is 31.3 Å². The number of likely N-dealkylation sites (tertiary alicyclic amines) is 1. The largest absolute Gasteiger partial charge is 0.378 e. The number of amides is 1. The van der Waals surface area contributed by atoms with Crippen molar-refractivity contribution in [1.29, 1.82) is 0 Å². The number of hydrogen-bond donors (Lipinski definition) is 0. The van der Waals surface area contributed by atoms with Gasteiger partial charge in [-0.25, -0.2) is 0 Å². The molecule has 184 valence electrons. The number of carbonyl (C=O) groups is 1. The van der Waals surface area contributed by atoms with E-state index in [1.807, 2.05) is 0 Å². The molecule has 6 atom stereocenters. The molecular weight excluding hydrogens is 394 g/mol. The zero-order valence-electron chi connectivity index (χ0n) is 21.4. The molecule has 3 heteroatoms. The fourth-order valence-electron chi connectivity index (χ4n) is 8.21. The molecule has 3 saturated carbocycles. The lowest BCUT2D eigenvalue weighted by Gasteiger charge is -2.42. The Balaban J connectivity index is 1.30. The van der Waals surface area contributed by atoms with Crippen molar-refractivity contribution in [3.8, 4) is 0 Å². The van der Waals surface area contributed by atoms with Crippen LogP contribution in [0.25, 0.3) is 0 Å². The summed E-state index contributed by atoms with van der Waals surface area (Å²) in [5.41, 5.74) is 0. The molecule has 4 aliphatic rings. The molecule has 3 aliphatic carbocycles. The van der Waals surface area contributed by atoms with Gasteiger partial charge in [0.2, 0.25) is 5.91 Å². The fourth-order valence-corrected chi connectivity index (χ4v) is 8.21. The van der Waals surface area contributed by atoms with Crippen LogP contribution in [0.3, 0.4) is 0 Å². The van der Waals surface area contributed by atoms with E-state index in [2.05, 4.69) is 25.7 Å². The molecule has 0 aromatic rings. The predicted molar refractivity (Wildman–Crippen MR) is 133 cm³/mol. The van der Waals surface area contributed by atoms with Gasteiger partial charge in [0.05, 0.1) is 6.10 Å². The highest BCUT2D eigenvalue weighted by Crippen LogP contribution is 2.50. The Morgan fingerprint density at radius 3 is 1.91 bits per heavy atom. The first kappa shape index (κ1) is 24.6. The summed E-state index contributed by atoms with van der Waals surface area (Å²) < 4.78 is 6.41. The summed E-state index contributed by atoms with van der Waals surface area (Å²) >= 11 is 0. The van der Waals surface area contributed by atoms with Gasteiger partial charge in [-0.05, 0) is 68.6 Å². The van der Waals surface area contributed by atoms with Crippen LogP contribution in [0.15, 0.2) is 0 Å². The summed E-state index contributed by atoms with van der Waals surface area (Å²) in [6.45, 7) is 7.87. The van der Waals surface area contributed by atoms with E-state index in [-0.39, 0.29) is 5.92 Å². The van der Waals surface area contributed by atoms with E-state index < -0.39 is 0 Å². The van der Waals surface area contributed by atoms with Crippen LogP contribution >= 0.6 is 0 Å². The fraction of sp³-hybridized carbons (Fsp3) is 0.966. The molecule has 1 aliphatic heterocycles. The maximum absolute atomic E-state index is 14.0. The second kappa shape index (κ2) is 11.7. The molecular formula is C29H51NO2. The smallest absolute Gasteiger partial charge is 0.226 e. The van der Waals surface area contributed by atoms with E-state index in [1.165, 1.54) is 89.9 Å². The highest BCUT2D eigenvalue weighted by atomic mass is 16.5. The maximum Gasteiger partial charge on any atom is 0.226 e. The Labute approximate surface area is 198 Å². The van der Waals surface area contributed by atoms with Gasteiger partial charge in [-0.2, -0.15) is 0 Å². The molecule has 1 heterocycles. The van der Waals surface area contributed by atoms with Crippen LogP contribution in [0.5, 0.6) is 0 Å². The Morgan fingerprint density at radius 1 is 0.781 bits per heavy atom. The Kier molecular flexibility index (Phi) is 8.99. The van der Waals surface area contributed by atoms with Crippen LogP contribution in [0.1, 0.15) is 124 Å².